The Hall–Kier alpha value is -1.58. The van der Waals surface area contributed by atoms with Gasteiger partial charge in [-0.3, -0.25) is 10.1 Å². The van der Waals surface area contributed by atoms with E-state index in [1.54, 1.807) is 12.1 Å². The number of rotatable bonds is 3. The Morgan fingerprint density at radius 1 is 1.53 bits per heavy atom. The zero-order valence-electron chi connectivity index (χ0n) is 8.86. The maximum absolute atomic E-state index is 10.8. The Balaban J connectivity index is 2.25. The molecule has 80 valence electrons. The summed E-state index contributed by atoms with van der Waals surface area (Å²) < 4.78 is 0. The Kier molecular flexibility index (Phi) is 2.34. The van der Waals surface area contributed by atoms with Gasteiger partial charge in [0.15, 0.2) is 0 Å². The zero-order chi connectivity index (χ0) is 11.0. The van der Waals surface area contributed by atoms with Crippen LogP contribution in [0.3, 0.4) is 0 Å². The summed E-state index contributed by atoms with van der Waals surface area (Å²) in [4.78, 5) is 10.5. The third-order valence-electron chi connectivity index (χ3n) is 2.80. The SMILES string of the molecule is Cc1ccc(NC2CC2C)c([N+](=O)[O-])c1. The van der Waals surface area contributed by atoms with Crippen LogP contribution in [-0.2, 0) is 0 Å². The van der Waals surface area contributed by atoms with Crippen molar-refractivity contribution in [1.29, 1.82) is 0 Å². The van der Waals surface area contributed by atoms with Crippen molar-refractivity contribution in [3.63, 3.8) is 0 Å². The molecule has 1 aromatic rings. The van der Waals surface area contributed by atoms with E-state index in [1.807, 2.05) is 13.0 Å². The van der Waals surface area contributed by atoms with Crippen molar-refractivity contribution in [2.75, 3.05) is 5.32 Å². The summed E-state index contributed by atoms with van der Waals surface area (Å²) in [5, 5.41) is 14.0. The van der Waals surface area contributed by atoms with Crippen molar-refractivity contribution in [2.24, 2.45) is 5.92 Å². The van der Waals surface area contributed by atoms with Gasteiger partial charge in [0.1, 0.15) is 5.69 Å². The van der Waals surface area contributed by atoms with Gasteiger partial charge in [-0.05, 0) is 30.9 Å². The summed E-state index contributed by atoms with van der Waals surface area (Å²) in [5.74, 6) is 0.630. The van der Waals surface area contributed by atoms with Gasteiger partial charge in [0.2, 0.25) is 0 Å². The first-order valence-corrected chi connectivity index (χ1v) is 5.09. The van der Waals surface area contributed by atoms with Gasteiger partial charge in [-0.2, -0.15) is 0 Å². The summed E-state index contributed by atoms with van der Waals surface area (Å²) in [6.07, 6.45) is 1.10. The van der Waals surface area contributed by atoms with Crippen molar-refractivity contribution >= 4 is 11.4 Å². The molecule has 0 saturated heterocycles. The fourth-order valence-electron chi connectivity index (χ4n) is 1.64. The maximum atomic E-state index is 10.8. The number of aryl methyl sites for hydroxylation is 1. The van der Waals surface area contributed by atoms with Crippen LogP contribution in [0.25, 0.3) is 0 Å². The van der Waals surface area contributed by atoms with E-state index in [0.29, 0.717) is 17.6 Å². The lowest BCUT2D eigenvalue weighted by Gasteiger charge is -2.06. The molecule has 2 rings (SSSR count). The quantitative estimate of drug-likeness (QED) is 0.611. The number of nitro groups is 1. The van der Waals surface area contributed by atoms with Gasteiger partial charge in [0, 0.05) is 12.1 Å². The lowest BCUT2D eigenvalue weighted by Crippen LogP contribution is -2.06. The number of nitrogens with one attached hydrogen (secondary N) is 1. The third-order valence-corrected chi connectivity index (χ3v) is 2.80. The Labute approximate surface area is 88.5 Å². The van der Waals surface area contributed by atoms with E-state index in [2.05, 4.69) is 12.2 Å². The fraction of sp³-hybridized carbons (Fsp3) is 0.455. The van der Waals surface area contributed by atoms with Crippen LogP contribution in [0.1, 0.15) is 18.9 Å². The minimum Gasteiger partial charge on any atom is -0.376 e. The van der Waals surface area contributed by atoms with Crippen molar-refractivity contribution in [3.05, 3.63) is 33.9 Å². The first kappa shape index (κ1) is 9.96. The fourth-order valence-corrected chi connectivity index (χ4v) is 1.64. The predicted molar refractivity (Wildman–Crippen MR) is 59.0 cm³/mol. The van der Waals surface area contributed by atoms with Gasteiger partial charge in [-0.25, -0.2) is 0 Å². The molecule has 1 aliphatic carbocycles. The first-order valence-electron chi connectivity index (χ1n) is 5.09. The third kappa shape index (κ3) is 2.09. The first-order chi connectivity index (χ1) is 7.08. The minimum atomic E-state index is -0.331. The Morgan fingerprint density at radius 3 is 2.73 bits per heavy atom. The molecule has 0 aliphatic heterocycles. The van der Waals surface area contributed by atoms with Crippen LogP contribution in [0.15, 0.2) is 18.2 Å². The molecule has 1 aromatic carbocycles. The average Bonchev–Trinajstić information content (AvgIpc) is 2.85. The summed E-state index contributed by atoms with van der Waals surface area (Å²) in [5.41, 5.74) is 1.73. The van der Waals surface area contributed by atoms with E-state index < -0.39 is 0 Å². The normalized spacial score (nSPS) is 23.6. The van der Waals surface area contributed by atoms with Crippen LogP contribution < -0.4 is 5.32 Å². The monoisotopic (exact) mass is 206 g/mol. The van der Waals surface area contributed by atoms with Crippen LogP contribution >= 0.6 is 0 Å². The van der Waals surface area contributed by atoms with Gasteiger partial charge in [-0.15, -0.1) is 0 Å². The highest BCUT2D eigenvalue weighted by Crippen LogP contribution is 2.35. The number of nitro benzene ring substituents is 1. The molecule has 0 radical (unpaired) electrons. The minimum absolute atomic E-state index is 0.175. The molecule has 1 saturated carbocycles. The second kappa shape index (κ2) is 3.53. The number of benzene rings is 1. The lowest BCUT2D eigenvalue weighted by molar-refractivity contribution is -0.384. The van der Waals surface area contributed by atoms with Crippen LogP contribution in [0.5, 0.6) is 0 Å². The highest BCUT2D eigenvalue weighted by Gasteiger charge is 2.33. The molecule has 1 fully saturated rings. The van der Waals surface area contributed by atoms with Crippen molar-refractivity contribution in [3.8, 4) is 0 Å². The molecule has 2 atom stereocenters. The standard InChI is InChI=1S/C11H14N2O2/c1-7-3-4-9(11(5-7)13(14)15)12-10-6-8(10)2/h3-5,8,10,12H,6H2,1-2H3. The molecule has 4 heteroatoms. The molecule has 4 nitrogen and oxygen atoms in total. The van der Waals surface area contributed by atoms with E-state index in [0.717, 1.165) is 12.0 Å². The van der Waals surface area contributed by atoms with Gasteiger partial charge in [0.25, 0.3) is 5.69 Å². The summed E-state index contributed by atoms with van der Waals surface area (Å²) in [7, 11) is 0. The highest BCUT2D eigenvalue weighted by molar-refractivity contribution is 5.63. The molecule has 0 bridgehead atoms. The van der Waals surface area contributed by atoms with E-state index in [-0.39, 0.29) is 10.6 Å². The average molecular weight is 206 g/mol. The number of hydrogen-bond donors (Lipinski definition) is 1. The van der Waals surface area contributed by atoms with Crippen LogP contribution in [0.4, 0.5) is 11.4 Å². The van der Waals surface area contributed by atoms with Gasteiger partial charge in [0.05, 0.1) is 4.92 Å². The highest BCUT2D eigenvalue weighted by atomic mass is 16.6. The zero-order valence-corrected chi connectivity index (χ0v) is 8.86. The molecule has 15 heavy (non-hydrogen) atoms. The maximum Gasteiger partial charge on any atom is 0.292 e. The van der Waals surface area contributed by atoms with E-state index >= 15 is 0 Å². The van der Waals surface area contributed by atoms with Crippen molar-refractivity contribution in [1.82, 2.24) is 0 Å². The Bertz CT molecular complexity index is 404. The molecular formula is C11H14N2O2. The van der Waals surface area contributed by atoms with Crippen molar-refractivity contribution < 1.29 is 4.92 Å². The summed E-state index contributed by atoms with van der Waals surface area (Å²) in [6, 6.07) is 5.70. The van der Waals surface area contributed by atoms with Crippen molar-refractivity contribution in [2.45, 2.75) is 26.3 Å². The Morgan fingerprint density at radius 2 is 2.20 bits per heavy atom. The molecule has 0 spiro atoms. The number of hydrogen-bond acceptors (Lipinski definition) is 3. The molecule has 0 aromatic heterocycles. The number of nitrogens with zero attached hydrogens (tertiary/aromatic N) is 1. The molecule has 1 N–H and O–H groups in total. The molecular weight excluding hydrogens is 192 g/mol. The summed E-state index contributed by atoms with van der Waals surface area (Å²) >= 11 is 0. The predicted octanol–water partition coefficient (Wildman–Crippen LogP) is 2.72. The van der Waals surface area contributed by atoms with Crippen LogP contribution in [0.2, 0.25) is 0 Å². The van der Waals surface area contributed by atoms with Crippen LogP contribution in [-0.4, -0.2) is 11.0 Å². The topological polar surface area (TPSA) is 55.2 Å². The molecule has 1 aliphatic rings. The molecule has 2 unspecified atom stereocenters. The van der Waals surface area contributed by atoms with E-state index in [1.165, 1.54) is 0 Å². The van der Waals surface area contributed by atoms with E-state index in [9.17, 15) is 10.1 Å². The lowest BCUT2D eigenvalue weighted by atomic mass is 10.2. The van der Waals surface area contributed by atoms with Gasteiger partial charge < -0.3 is 5.32 Å². The second-order valence-electron chi connectivity index (χ2n) is 4.24. The molecule has 0 heterocycles. The second-order valence-corrected chi connectivity index (χ2v) is 4.24. The summed E-state index contributed by atoms with van der Waals surface area (Å²) in [6.45, 7) is 3.99. The van der Waals surface area contributed by atoms with Gasteiger partial charge in [-0.1, -0.05) is 13.0 Å². The van der Waals surface area contributed by atoms with E-state index in [4.69, 9.17) is 0 Å². The largest absolute Gasteiger partial charge is 0.376 e. The number of anilines is 1. The van der Waals surface area contributed by atoms with Crippen LogP contribution in [0, 0.1) is 23.0 Å². The smallest absolute Gasteiger partial charge is 0.292 e. The molecule has 0 amide bonds. The van der Waals surface area contributed by atoms with Gasteiger partial charge >= 0.3 is 0 Å².